The predicted octanol–water partition coefficient (Wildman–Crippen LogP) is 3.08. The van der Waals surface area contributed by atoms with Crippen molar-refractivity contribution < 1.29 is 9.90 Å². The van der Waals surface area contributed by atoms with Crippen LogP contribution in [-0.2, 0) is 11.3 Å². The van der Waals surface area contributed by atoms with Crippen LogP contribution < -0.4 is 16.0 Å². The molecule has 0 aliphatic carbocycles. The second kappa shape index (κ2) is 8.54. The molecule has 0 fully saturated rings. The summed E-state index contributed by atoms with van der Waals surface area (Å²) >= 11 is 0. The van der Waals surface area contributed by atoms with E-state index in [0.29, 0.717) is 35.6 Å². The number of nitrogens with zero attached hydrogens (tertiary/aromatic N) is 5. The van der Waals surface area contributed by atoms with Crippen molar-refractivity contribution in [2.45, 2.75) is 6.54 Å². The van der Waals surface area contributed by atoms with Crippen LogP contribution >= 0.6 is 0 Å². The minimum absolute atomic E-state index is 0.0763. The minimum Gasteiger partial charge on any atom is -0.506 e. The molecular formula is C22H21N7O2. The summed E-state index contributed by atoms with van der Waals surface area (Å²) in [6.45, 7) is 4.29. The molecule has 0 unspecified atom stereocenters. The van der Waals surface area contributed by atoms with Crippen molar-refractivity contribution in [1.82, 2.24) is 19.7 Å². The molecule has 31 heavy (non-hydrogen) atoms. The lowest BCUT2D eigenvalue weighted by Crippen LogP contribution is -2.32. The third kappa shape index (κ3) is 4.01. The summed E-state index contributed by atoms with van der Waals surface area (Å²) in [6.07, 6.45) is 2.64. The van der Waals surface area contributed by atoms with E-state index in [9.17, 15) is 9.90 Å². The number of rotatable bonds is 7. The second-order valence-electron chi connectivity index (χ2n) is 6.70. The Morgan fingerprint density at radius 2 is 1.90 bits per heavy atom. The van der Waals surface area contributed by atoms with Gasteiger partial charge in [-0.2, -0.15) is 5.10 Å². The van der Waals surface area contributed by atoms with Crippen LogP contribution in [0.4, 0.5) is 23.0 Å². The quantitative estimate of drug-likeness (QED) is 0.313. The van der Waals surface area contributed by atoms with Gasteiger partial charge in [0.2, 0.25) is 5.91 Å². The highest BCUT2D eigenvalue weighted by molar-refractivity contribution is 6.01. The molecule has 0 aliphatic heterocycles. The number of hydrogen-bond donors (Lipinski definition) is 3. The van der Waals surface area contributed by atoms with Gasteiger partial charge < -0.3 is 21.1 Å². The van der Waals surface area contributed by atoms with E-state index in [1.54, 1.807) is 33.8 Å². The van der Waals surface area contributed by atoms with E-state index in [-0.39, 0.29) is 17.5 Å². The van der Waals surface area contributed by atoms with Crippen molar-refractivity contribution in [2.24, 2.45) is 0 Å². The first-order chi connectivity index (χ1) is 15.1. The number of nitrogens with one attached hydrogen (secondary N) is 1. The largest absolute Gasteiger partial charge is 0.506 e. The first kappa shape index (κ1) is 19.9. The van der Waals surface area contributed by atoms with Gasteiger partial charge in [-0.05, 0) is 30.3 Å². The molecule has 9 nitrogen and oxygen atoms in total. The average Bonchev–Trinajstić information content (AvgIpc) is 3.14. The molecule has 156 valence electrons. The van der Waals surface area contributed by atoms with E-state index in [2.05, 4.69) is 27.0 Å². The summed E-state index contributed by atoms with van der Waals surface area (Å²) in [6, 6.07) is 16.1. The van der Waals surface area contributed by atoms with Crippen LogP contribution in [-0.4, -0.2) is 37.3 Å². The van der Waals surface area contributed by atoms with Gasteiger partial charge in [0, 0.05) is 12.2 Å². The summed E-state index contributed by atoms with van der Waals surface area (Å²) in [5, 5.41) is 18.3. The number of anilines is 4. The molecule has 0 bridgehead atoms. The molecule has 2 aromatic heterocycles. The maximum Gasteiger partial charge on any atom is 0.250 e. The highest BCUT2D eigenvalue weighted by Gasteiger charge is 2.19. The van der Waals surface area contributed by atoms with Gasteiger partial charge in [-0.3, -0.25) is 4.79 Å². The Labute approximate surface area is 178 Å². The minimum atomic E-state index is -0.218. The lowest BCUT2D eigenvalue weighted by Gasteiger charge is -2.21. The van der Waals surface area contributed by atoms with Gasteiger partial charge in [-0.15, -0.1) is 0 Å². The smallest absolute Gasteiger partial charge is 0.250 e. The number of phenolic OH excluding ortho intramolecular Hbond substituents is 1. The first-order valence-corrected chi connectivity index (χ1v) is 9.59. The highest BCUT2D eigenvalue weighted by Crippen LogP contribution is 2.31. The van der Waals surface area contributed by atoms with Gasteiger partial charge in [-0.1, -0.05) is 36.9 Å². The molecule has 4 aromatic rings. The van der Waals surface area contributed by atoms with Gasteiger partial charge >= 0.3 is 0 Å². The topological polar surface area (TPSA) is 122 Å². The molecule has 1 amide bonds. The molecule has 2 heterocycles. The molecule has 0 aliphatic rings. The fraction of sp³-hybridized carbons (Fsp3) is 0.0909. The van der Waals surface area contributed by atoms with Gasteiger partial charge in [0.1, 0.15) is 23.3 Å². The number of benzene rings is 2. The molecular weight excluding hydrogens is 394 g/mol. The lowest BCUT2D eigenvalue weighted by molar-refractivity contribution is -0.114. The summed E-state index contributed by atoms with van der Waals surface area (Å²) in [5.74, 6) is 0.531. The van der Waals surface area contributed by atoms with E-state index >= 15 is 0 Å². The van der Waals surface area contributed by atoms with Gasteiger partial charge in [0.15, 0.2) is 11.5 Å². The normalized spacial score (nSPS) is 10.7. The Bertz CT molecular complexity index is 1240. The van der Waals surface area contributed by atoms with Crippen LogP contribution in [0.5, 0.6) is 5.75 Å². The molecule has 0 atom stereocenters. The third-order valence-electron chi connectivity index (χ3n) is 4.76. The number of phenols is 1. The molecule has 0 saturated heterocycles. The standard InChI is InChI=1S/C22H21N7O2/c1-2-18(31)28(15-8-4-3-5-9-15)12-13-29-22-19(20(23)24-14-25-22)21(27-29)26-16-10-6-7-11-17(16)30/h2-11,14,30H,1,12-13H2,(H,26,27)(H2,23,24,25). The van der Waals surface area contributed by atoms with Crippen molar-refractivity contribution in [3.63, 3.8) is 0 Å². The summed E-state index contributed by atoms with van der Waals surface area (Å²) in [7, 11) is 0. The van der Waals surface area contributed by atoms with Crippen molar-refractivity contribution in [2.75, 3.05) is 22.5 Å². The first-order valence-electron chi connectivity index (χ1n) is 9.59. The van der Waals surface area contributed by atoms with E-state index in [1.807, 2.05) is 30.3 Å². The Balaban J connectivity index is 1.68. The predicted molar refractivity (Wildman–Crippen MR) is 120 cm³/mol. The number of nitrogen functional groups attached to an aromatic ring is 1. The fourth-order valence-electron chi connectivity index (χ4n) is 3.26. The molecule has 4 N–H and O–H groups in total. The number of carbonyl (C=O) groups is 1. The van der Waals surface area contributed by atoms with Crippen molar-refractivity contribution >= 4 is 40.0 Å². The van der Waals surface area contributed by atoms with E-state index in [0.717, 1.165) is 5.69 Å². The number of amides is 1. The number of nitrogens with two attached hydrogens (primary N) is 1. The maximum absolute atomic E-state index is 12.4. The summed E-state index contributed by atoms with van der Waals surface area (Å²) in [5.41, 5.74) is 7.84. The van der Waals surface area contributed by atoms with Crippen molar-refractivity contribution in [1.29, 1.82) is 0 Å². The van der Waals surface area contributed by atoms with Gasteiger partial charge in [0.25, 0.3) is 0 Å². The number of fused-ring (bicyclic) bond motifs is 1. The van der Waals surface area contributed by atoms with Crippen LogP contribution in [0, 0.1) is 0 Å². The maximum atomic E-state index is 12.4. The number of aromatic hydroxyl groups is 1. The van der Waals surface area contributed by atoms with Crippen LogP contribution in [0.3, 0.4) is 0 Å². The zero-order valence-electron chi connectivity index (χ0n) is 16.6. The van der Waals surface area contributed by atoms with Gasteiger partial charge in [0.05, 0.1) is 12.2 Å². The molecule has 9 heteroatoms. The van der Waals surface area contributed by atoms with E-state index in [1.165, 1.54) is 12.4 Å². The van der Waals surface area contributed by atoms with Crippen LogP contribution in [0.25, 0.3) is 11.0 Å². The zero-order valence-corrected chi connectivity index (χ0v) is 16.6. The number of aromatic nitrogens is 4. The Morgan fingerprint density at radius 1 is 1.16 bits per heavy atom. The second-order valence-corrected chi connectivity index (χ2v) is 6.70. The molecule has 0 saturated carbocycles. The van der Waals surface area contributed by atoms with E-state index < -0.39 is 0 Å². The average molecular weight is 415 g/mol. The number of carbonyl (C=O) groups excluding carboxylic acids is 1. The van der Waals surface area contributed by atoms with Crippen molar-refractivity contribution in [3.05, 3.63) is 73.6 Å². The number of para-hydroxylation sites is 3. The fourth-order valence-corrected chi connectivity index (χ4v) is 3.26. The summed E-state index contributed by atoms with van der Waals surface area (Å²) < 4.78 is 1.65. The molecule has 0 spiro atoms. The van der Waals surface area contributed by atoms with Gasteiger partial charge in [-0.25, -0.2) is 14.6 Å². The molecule has 4 rings (SSSR count). The zero-order chi connectivity index (χ0) is 21.8. The van der Waals surface area contributed by atoms with Crippen LogP contribution in [0.2, 0.25) is 0 Å². The Hall–Kier alpha value is -4.40. The molecule has 2 aromatic carbocycles. The van der Waals surface area contributed by atoms with Crippen LogP contribution in [0.1, 0.15) is 0 Å². The SMILES string of the molecule is C=CC(=O)N(CCn1nc(Nc2ccccc2O)c2c(N)ncnc21)c1ccccc1. The Morgan fingerprint density at radius 3 is 2.65 bits per heavy atom. The third-order valence-corrected chi connectivity index (χ3v) is 4.76. The summed E-state index contributed by atoms with van der Waals surface area (Å²) in [4.78, 5) is 22.4. The highest BCUT2D eigenvalue weighted by atomic mass is 16.3. The Kier molecular flexibility index (Phi) is 5.48. The molecule has 0 radical (unpaired) electrons. The van der Waals surface area contributed by atoms with E-state index in [4.69, 9.17) is 5.73 Å². The number of hydrogen-bond acceptors (Lipinski definition) is 7. The van der Waals surface area contributed by atoms with Crippen molar-refractivity contribution in [3.8, 4) is 5.75 Å². The monoisotopic (exact) mass is 415 g/mol. The lowest BCUT2D eigenvalue weighted by atomic mass is 10.2. The van der Waals surface area contributed by atoms with Crippen LogP contribution in [0.15, 0.2) is 73.6 Å².